The number of hydrogen-bond acceptors (Lipinski definition) is 3. The number of aromatic nitrogens is 1. The van der Waals surface area contributed by atoms with Gasteiger partial charge in [-0.15, -0.1) is 11.3 Å². The SMILES string of the molecule is CCCC(Nc1ccc2nc(C)sc2c1)c1ccccc1. The van der Waals surface area contributed by atoms with Crippen LogP contribution in [0.5, 0.6) is 0 Å². The zero-order valence-electron chi connectivity index (χ0n) is 12.5. The number of hydrogen-bond donors (Lipinski definition) is 1. The Hall–Kier alpha value is -1.87. The van der Waals surface area contributed by atoms with Gasteiger partial charge >= 0.3 is 0 Å². The van der Waals surface area contributed by atoms with Gasteiger partial charge in [0.25, 0.3) is 0 Å². The van der Waals surface area contributed by atoms with Gasteiger partial charge in [0.15, 0.2) is 0 Å². The van der Waals surface area contributed by atoms with Crippen LogP contribution in [0, 0.1) is 6.92 Å². The summed E-state index contributed by atoms with van der Waals surface area (Å²) in [5.41, 5.74) is 3.61. The Labute approximate surface area is 129 Å². The highest BCUT2D eigenvalue weighted by Crippen LogP contribution is 2.28. The van der Waals surface area contributed by atoms with E-state index >= 15 is 0 Å². The van der Waals surface area contributed by atoms with E-state index in [9.17, 15) is 0 Å². The van der Waals surface area contributed by atoms with E-state index in [0.717, 1.165) is 23.4 Å². The summed E-state index contributed by atoms with van der Waals surface area (Å²) in [6.45, 7) is 4.29. The largest absolute Gasteiger partial charge is 0.378 e. The van der Waals surface area contributed by atoms with Crippen LogP contribution in [0.1, 0.15) is 36.4 Å². The molecule has 0 spiro atoms. The molecular weight excluding hydrogens is 276 g/mol. The molecule has 1 atom stereocenters. The number of nitrogens with one attached hydrogen (secondary N) is 1. The lowest BCUT2D eigenvalue weighted by atomic mass is 10.0. The first-order valence-corrected chi connectivity index (χ1v) is 8.26. The Morgan fingerprint density at radius 2 is 1.95 bits per heavy atom. The molecule has 0 aliphatic rings. The van der Waals surface area contributed by atoms with Gasteiger partial charge in [-0.1, -0.05) is 43.7 Å². The number of anilines is 1. The maximum Gasteiger partial charge on any atom is 0.0907 e. The minimum absolute atomic E-state index is 0.364. The van der Waals surface area contributed by atoms with Crippen LogP contribution in [-0.2, 0) is 0 Å². The molecule has 0 bridgehead atoms. The molecule has 0 fully saturated rings. The second-order valence-electron chi connectivity index (χ2n) is 5.31. The molecule has 0 radical (unpaired) electrons. The van der Waals surface area contributed by atoms with Crippen LogP contribution in [-0.4, -0.2) is 4.98 Å². The fourth-order valence-corrected chi connectivity index (χ4v) is 3.49. The van der Waals surface area contributed by atoms with Gasteiger partial charge in [-0.3, -0.25) is 0 Å². The monoisotopic (exact) mass is 296 g/mol. The lowest BCUT2D eigenvalue weighted by Crippen LogP contribution is -2.10. The van der Waals surface area contributed by atoms with E-state index in [1.165, 1.54) is 16.0 Å². The summed E-state index contributed by atoms with van der Waals surface area (Å²) in [4.78, 5) is 4.52. The van der Waals surface area contributed by atoms with E-state index in [2.05, 4.69) is 72.7 Å². The summed E-state index contributed by atoms with van der Waals surface area (Å²) < 4.78 is 1.25. The average Bonchev–Trinajstić information content (AvgIpc) is 2.87. The van der Waals surface area contributed by atoms with E-state index < -0.39 is 0 Å². The highest BCUT2D eigenvalue weighted by molar-refractivity contribution is 7.18. The first-order valence-electron chi connectivity index (χ1n) is 7.45. The molecule has 0 aliphatic carbocycles. The molecule has 3 aromatic rings. The molecule has 3 heteroatoms. The third-order valence-corrected chi connectivity index (χ3v) is 4.55. The standard InChI is InChI=1S/C18H20N2S/c1-3-7-16(14-8-5-4-6-9-14)20-15-10-11-17-18(12-15)21-13(2)19-17/h4-6,8-12,16,20H,3,7H2,1-2H3. The summed E-state index contributed by atoms with van der Waals surface area (Å²) in [7, 11) is 0. The van der Waals surface area contributed by atoms with Crippen molar-refractivity contribution in [1.29, 1.82) is 0 Å². The molecule has 2 nitrogen and oxygen atoms in total. The number of nitrogens with zero attached hydrogens (tertiary/aromatic N) is 1. The molecule has 0 saturated heterocycles. The summed E-state index contributed by atoms with van der Waals surface area (Å²) >= 11 is 1.75. The zero-order chi connectivity index (χ0) is 14.7. The third kappa shape index (κ3) is 3.24. The number of thiazole rings is 1. The number of rotatable bonds is 5. The normalized spacial score (nSPS) is 12.5. The van der Waals surface area contributed by atoms with Crippen LogP contribution >= 0.6 is 11.3 Å². The topological polar surface area (TPSA) is 24.9 Å². The molecule has 2 aromatic carbocycles. The number of fused-ring (bicyclic) bond motifs is 1. The minimum Gasteiger partial charge on any atom is -0.378 e. The Morgan fingerprint density at radius 1 is 1.14 bits per heavy atom. The van der Waals surface area contributed by atoms with Crippen molar-refractivity contribution >= 4 is 27.2 Å². The van der Waals surface area contributed by atoms with Crippen LogP contribution in [0.4, 0.5) is 5.69 Å². The first kappa shape index (κ1) is 14.1. The van der Waals surface area contributed by atoms with Crippen LogP contribution in [0.25, 0.3) is 10.2 Å². The lowest BCUT2D eigenvalue weighted by molar-refractivity contribution is 0.678. The Balaban J connectivity index is 1.86. The van der Waals surface area contributed by atoms with Crippen LogP contribution in [0.15, 0.2) is 48.5 Å². The first-order chi connectivity index (χ1) is 10.3. The summed E-state index contributed by atoms with van der Waals surface area (Å²) in [5, 5.41) is 4.80. The lowest BCUT2D eigenvalue weighted by Gasteiger charge is -2.20. The van der Waals surface area contributed by atoms with E-state index in [0.29, 0.717) is 6.04 Å². The van der Waals surface area contributed by atoms with Gasteiger partial charge < -0.3 is 5.32 Å². The molecular formula is C18H20N2S. The maximum atomic E-state index is 4.52. The fourth-order valence-electron chi connectivity index (χ4n) is 2.63. The predicted octanol–water partition coefficient (Wildman–Crippen LogP) is 5.56. The quantitative estimate of drug-likeness (QED) is 0.667. The summed E-state index contributed by atoms with van der Waals surface area (Å²) in [5.74, 6) is 0. The van der Waals surface area contributed by atoms with Crippen molar-refractivity contribution in [2.24, 2.45) is 0 Å². The smallest absolute Gasteiger partial charge is 0.0907 e. The highest BCUT2D eigenvalue weighted by Gasteiger charge is 2.10. The molecule has 1 aromatic heterocycles. The van der Waals surface area contributed by atoms with E-state index in [1.54, 1.807) is 11.3 Å². The zero-order valence-corrected chi connectivity index (χ0v) is 13.3. The molecule has 1 unspecified atom stereocenters. The van der Waals surface area contributed by atoms with Crippen LogP contribution < -0.4 is 5.32 Å². The molecule has 0 aliphatic heterocycles. The number of benzene rings is 2. The maximum absolute atomic E-state index is 4.52. The summed E-state index contributed by atoms with van der Waals surface area (Å²) in [6, 6.07) is 17.5. The predicted molar refractivity (Wildman–Crippen MR) is 92.1 cm³/mol. The highest BCUT2D eigenvalue weighted by atomic mass is 32.1. The second kappa shape index (κ2) is 6.27. The van der Waals surface area contributed by atoms with Gasteiger partial charge in [0.2, 0.25) is 0 Å². The van der Waals surface area contributed by atoms with Gasteiger partial charge in [-0.2, -0.15) is 0 Å². The van der Waals surface area contributed by atoms with Crippen molar-refractivity contribution in [1.82, 2.24) is 4.98 Å². The minimum atomic E-state index is 0.364. The van der Waals surface area contributed by atoms with E-state index in [1.807, 2.05) is 0 Å². The number of aryl methyl sites for hydroxylation is 1. The van der Waals surface area contributed by atoms with E-state index in [-0.39, 0.29) is 0 Å². The van der Waals surface area contributed by atoms with Crippen molar-refractivity contribution in [3.8, 4) is 0 Å². The molecule has 1 N–H and O–H groups in total. The summed E-state index contributed by atoms with van der Waals surface area (Å²) in [6.07, 6.45) is 2.29. The third-order valence-electron chi connectivity index (χ3n) is 3.62. The molecule has 108 valence electrons. The van der Waals surface area contributed by atoms with Gasteiger partial charge in [0.05, 0.1) is 21.3 Å². The van der Waals surface area contributed by atoms with Gasteiger partial charge in [-0.25, -0.2) is 4.98 Å². The molecule has 0 saturated carbocycles. The Kier molecular flexibility index (Phi) is 4.20. The van der Waals surface area contributed by atoms with Crippen LogP contribution in [0.3, 0.4) is 0 Å². The van der Waals surface area contributed by atoms with Crippen molar-refractivity contribution < 1.29 is 0 Å². The molecule has 3 rings (SSSR count). The van der Waals surface area contributed by atoms with E-state index in [4.69, 9.17) is 0 Å². The van der Waals surface area contributed by atoms with Crippen LogP contribution in [0.2, 0.25) is 0 Å². The second-order valence-corrected chi connectivity index (χ2v) is 6.55. The Morgan fingerprint density at radius 3 is 2.71 bits per heavy atom. The van der Waals surface area contributed by atoms with Crippen molar-refractivity contribution in [3.63, 3.8) is 0 Å². The molecule has 1 heterocycles. The molecule has 0 amide bonds. The average molecular weight is 296 g/mol. The van der Waals surface area contributed by atoms with Gasteiger partial charge in [0, 0.05) is 5.69 Å². The van der Waals surface area contributed by atoms with Gasteiger partial charge in [-0.05, 0) is 37.1 Å². The molecule has 21 heavy (non-hydrogen) atoms. The fraction of sp³-hybridized carbons (Fsp3) is 0.278. The van der Waals surface area contributed by atoms with Crippen molar-refractivity contribution in [2.75, 3.05) is 5.32 Å². The van der Waals surface area contributed by atoms with Crippen molar-refractivity contribution in [3.05, 3.63) is 59.1 Å². The van der Waals surface area contributed by atoms with Gasteiger partial charge in [0.1, 0.15) is 0 Å². The van der Waals surface area contributed by atoms with Crippen molar-refractivity contribution in [2.45, 2.75) is 32.7 Å². The Bertz CT molecular complexity index is 718.